The lowest BCUT2D eigenvalue weighted by Gasteiger charge is -2.11. The van der Waals surface area contributed by atoms with Gasteiger partial charge in [0.25, 0.3) is 5.91 Å². The summed E-state index contributed by atoms with van der Waals surface area (Å²) >= 11 is 1.54. The Hall–Kier alpha value is -2.31. The highest BCUT2D eigenvalue weighted by molar-refractivity contribution is 7.99. The molecule has 0 aromatic heterocycles. The van der Waals surface area contributed by atoms with Gasteiger partial charge in [0.15, 0.2) is 0 Å². The van der Waals surface area contributed by atoms with Crippen molar-refractivity contribution in [3.05, 3.63) is 65.7 Å². The molecule has 6 heteroatoms. The maximum absolute atomic E-state index is 12.4. The van der Waals surface area contributed by atoms with Gasteiger partial charge in [0.1, 0.15) is 0 Å². The predicted octanol–water partition coefficient (Wildman–Crippen LogP) is 3.71. The molecule has 2 aromatic carbocycles. The smallest absolute Gasteiger partial charge is 0.253 e. The fourth-order valence-electron chi connectivity index (χ4n) is 2.43. The monoisotopic (exact) mass is 386 g/mol. The molecule has 2 N–H and O–H groups in total. The van der Waals surface area contributed by atoms with E-state index in [-0.39, 0.29) is 11.8 Å². The average molecular weight is 387 g/mol. The highest BCUT2D eigenvalue weighted by atomic mass is 32.2. The maximum atomic E-state index is 12.4. The van der Waals surface area contributed by atoms with Crippen LogP contribution in [0.4, 0.5) is 5.69 Å². The van der Waals surface area contributed by atoms with Gasteiger partial charge in [-0.2, -0.15) is 0 Å². The van der Waals surface area contributed by atoms with Crippen molar-refractivity contribution in [1.82, 2.24) is 5.32 Å². The summed E-state index contributed by atoms with van der Waals surface area (Å²) in [5, 5.41) is 5.70. The molecular formula is C21H26N2O3S. The molecule has 0 heterocycles. The summed E-state index contributed by atoms with van der Waals surface area (Å²) < 4.78 is 5.26. The van der Waals surface area contributed by atoms with Gasteiger partial charge in [-0.05, 0) is 31.0 Å². The number of nitrogens with one attached hydrogen (secondary N) is 2. The van der Waals surface area contributed by atoms with Crippen LogP contribution >= 0.6 is 11.8 Å². The molecule has 0 unspecified atom stereocenters. The first kappa shape index (κ1) is 21.0. The van der Waals surface area contributed by atoms with Crippen LogP contribution in [0.15, 0.2) is 54.6 Å². The summed E-state index contributed by atoms with van der Waals surface area (Å²) in [7, 11) is 0. The third-order valence-electron chi connectivity index (χ3n) is 3.75. The van der Waals surface area contributed by atoms with Gasteiger partial charge in [-0.25, -0.2) is 0 Å². The topological polar surface area (TPSA) is 67.4 Å². The van der Waals surface area contributed by atoms with E-state index in [9.17, 15) is 9.59 Å². The Bertz CT molecular complexity index is 722. The van der Waals surface area contributed by atoms with Crippen LogP contribution in [0.3, 0.4) is 0 Å². The first-order chi connectivity index (χ1) is 13.2. The molecule has 0 saturated carbocycles. The molecule has 2 amide bonds. The van der Waals surface area contributed by atoms with E-state index < -0.39 is 0 Å². The maximum Gasteiger partial charge on any atom is 0.253 e. The molecule has 0 aliphatic rings. The number of rotatable bonds is 11. The second kappa shape index (κ2) is 12.1. The van der Waals surface area contributed by atoms with Crippen LogP contribution in [0.1, 0.15) is 29.3 Å². The molecular weight excluding hydrogens is 360 g/mol. The number of ether oxygens (including phenoxy) is 1. The van der Waals surface area contributed by atoms with Crippen molar-refractivity contribution in [3.8, 4) is 0 Å². The van der Waals surface area contributed by atoms with Crippen LogP contribution in [0, 0.1) is 0 Å². The molecule has 0 aliphatic carbocycles. The summed E-state index contributed by atoms with van der Waals surface area (Å²) in [5.41, 5.74) is 2.18. The van der Waals surface area contributed by atoms with Crippen LogP contribution < -0.4 is 10.6 Å². The van der Waals surface area contributed by atoms with Crippen molar-refractivity contribution in [2.75, 3.05) is 30.8 Å². The molecule has 0 aliphatic heterocycles. The number of carbonyl (C=O) groups is 2. The number of thioether (sulfide) groups is 1. The van der Waals surface area contributed by atoms with E-state index in [0.29, 0.717) is 36.8 Å². The number of anilines is 1. The Morgan fingerprint density at radius 2 is 1.78 bits per heavy atom. The molecule has 0 fully saturated rings. The summed E-state index contributed by atoms with van der Waals surface area (Å²) in [6, 6.07) is 17.1. The van der Waals surface area contributed by atoms with Gasteiger partial charge in [0.2, 0.25) is 5.91 Å². The van der Waals surface area contributed by atoms with E-state index in [0.717, 1.165) is 12.2 Å². The van der Waals surface area contributed by atoms with Gasteiger partial charge in [0.05, 0.1) is 17.0 Å². The number of carbonyl (C=O) groups excluding carboxylic acids is 2. The van der Waals surface area contributed by atoms with Crippen LogP contribution in [-0.4, -0.2) is 37.3 Å². The molecule has 5 nitrogen and oxygen atoms in total. The Morgan fingerprint density at radius 3 is 2.56 bits per heavy atom. The third kappa shape index (κ3) is 7.85. The average Bonchev–Trinajstić information content (AvgIpc) is 2.69. The first-order valence-electron chi connectivity index (χ1n) is 9.07. The summed E-state index contributed by atoms with van der Waals surface area (Å²) in [6.45, 7) is 3.77. The lowest BCUT2D eigenvalue weighted by Crippen LogP contribution is -2.27. The number of para-hydroxylation sites is 1. The van der Waals surface area contributed by atoms with Gasteiger partial charge in [-0.1, -0.05) is 42.5 Å². The van der Waals surface area contributed by atoms with Crippen LogP contribution in [0.5, 0.6) is 0 Å². The first-order valence-corrected chi connectivity index (χ1v) is 10.2. The van der Waals surface area contributed by atoms with Crippen molar-refractivity contribution in [2.45, 2.75) is 19.1 Å². The Labute approximate surface area is 164 Å². The Kier molecular flexibility index (Phi) is 9.44. The lowest BCUT2D eigenvalue weighted by molar-refractivity contribution is -0.113. The fraction of sp³-hybridized carbons (Fsp3) is 0.333. The van der Waals surface area contributed by atoms with E-state index in [1.807, 2.05) is 37.3 Å². The zero-order valence-electron chi connectivity index (χ0n) is 15.6. The van der Waals surface area contributed by atoms with Gasteiger partial charge in [-0.3, -0.25) is 9.59 Å². The van der Waals surface area contributed by atoms with E-state index in [1.165, 1.54) is 5.56 Å². The highest BCUT2D eigenvalue weighted by Crippen LogP contribution is 2.17. The van der Waals surface area contributed by atoms with Crippen LogP contribution in [0.25, 0.3) is 0 Å². The number of amides is 2. The second-order valence-corrected chi connectivity index (χ2v) is 6.86. The van der Waals surface area contributed by atoms with E-state index >= 15 is 0 Å². The summed E-state index contributed by atoms with van der Waals surface area (Å²) in [6.07, 6.45) is 0.754. The molecule has 0 radical (unpaired) electrons. The molecule has 0 bridgehead atoms. The fourth-order valence-corrected chi connectivity index (χ4v) is 3.22. The van der Waals surface area contributed by atoms with Crippen molar-refractivity contribution in [2.24, 2.45) is 0 Å². The zero-order valence-corrected chi connectivity index (χ0v) is 16.4. The minimum absolute atomic E-state index is 0.118. The van der Waals surface area contributed by atoms with Gasteiger partial charge in [-0.15, -0.1) is 11.8 Å². The van der Waals surface area contributed by atoms with E-state index in [1.54, 1.807) is 36.0 Å². The normalized spacial score (nSPS) is 10.4. The SMILES string of the molecule is CCOCCCNC(=O)c1ccccc1NC(=O)CSCc1ccccc1. The molecule has 27 heavy (non-hydrogen) atoms. The molecule has 144 valence electrons. The van der Waals surface area contributed by atoms with Crippen molar-refractivity contribution in [1.29, 1.82) is 0 Å². The van der Waals surface area contributed by atoms with Crippen LogP contribution in [-0.2, 0) is 15.3 Å². The van der Waals surface area contributed by atoms with Crippen molar-refractivity contribution < 1.29 is 14.3 Å². The third-order valence-corrected chi connectivity index (χ3v) is 4.75. The standard InChI is InChI=1S/C21H26N2O3S/c1-2-26-14-8-13-22-21(25)18-11-6-7-12-19(18)23-20(24)16-27-15-17-9-4-3-5-10-17/h3-7,9-12H,2,8,13-16H2,1H3,(H,22,25)(H,23,24). The minimum atomic E-state index is -0.195. The van der Waals surface area contributed by atoms with E-state index in [4.69, 9.17) is 4.74 Å². The molecule has 0 atom stereocenters. The lowest BCUT2D eigenvalue weighted by atomic mass is 10.1. The molecule has 0 saturated heterocycles. The predicted molar refractivity (Wildman–Crippen MR) is 111 cm³/mol. The van der Waals surface area contributed by atoms with Crippen molar-refractivity contribution in [3.63, 3.8) is 0 Å². The summed E-state index contributed by atoms with van der Waals surface area (Å²) in [5.74, 6) is 0.793. The molecule has 2 aromatic rings. The van der Waals surface area contributed by atoms with Gasteiger partial charge < -0.3 is 15.4 Å². The summed E-state index contributed by atoms with van der Waals surface area (Å²) in [4.78, 5) is 24.6. The zero-order chi connectivity index (χ0) is 19.3. The second-order valence-electron chi connectivity index (χ2n) is 5.88. The van der Waals surface area contributed by atoms with E-state index in [2.05, 4.69) is 10.6 Å². The Morgan fingerprint density at radius 1 is 1.04 bits per heavy atom. The van der Waals surface area contributed by atoms with Gasteiger partial charge >= 0.3 is 0 Å². The van der Waals surface area contributed by atoms with Crippen molar-refractivity contribution >= 4 is 29.3 Å². The largest absolute Gasteiger partial charge is 0.382 e. The van der Waals surface area contributed by atoms with Crippen LogP contribution in [0.2, 0.25) is 0 Å². The number of hydrogen-bond donors (Lipinski definition) is 2. The van der Waals surface area contributed by atoms with Gasteiger partial charge in [0, 0.05) is 25.5 Å². The molecule has 0 spiro atoms. The molecule has 2 rings (SSSR count). The Balaban J connectivity index is 1.81. The number of benzene rings is 2. The number of hydrogen-bond acceptors (Lipinski definition) is 4. The minimum Gasteiger partial charge on any atom is -0.382 e. The highest BCUT2D eigenvalue weighted by Gasteiger charge is 2.12. The quantitative estimate of drug-likeness (QED) is 0.578.